The van der Waals surface area contributed by atoms with E-state index in [0.717, 1.165) is 30.8 Å². The summed E-state index contributed by atoms with van der Waals surface area (Å²) in [6.07, 6.45) is 5.53. The van der Waals surface area contributed by atoms with Crippen molar-refractivity contribution < 1.29 is 9.53 Å². The van der Waals surface area contributed by atoms with E-state index in [4.69, 9.17) is 17.0 Å². The molecule has 0 saturated heterocycles. The van der Waals surface area contributed by atoms with Crippen molar-refractivity contribution in [3.05, 3.63) is 16.0 Å². The van der Waals surface area contributed by atoms with E-state index in [1.165, 1.54) is 23.3 Å². The molecule has 1 aromatic rings. The van der Waals surface area contributed by atoms with E-state index >= 15 is 0 Å². The second kappa shape index (κ2) is 8.64. The Morgan fingerprint density at radius 2 is 2.04 bits per heavy atom. The van der Waals surface area contributed by atoms with Gasteiger partial charge in [-0.05, 0) is 56.3 Å². The number of carbonyl (C=O) groups is 1. The van der Waals surface area contributed by atoms with Gasteiger partial charge in [-0.1, -0.05) is 20.3 Å². The van der Waals surface area contributed by atoms with Crippen molar-refractivity contribution >= 4 is 39.6 Å². The molecule has 0 radical (unpaired) electrons. The van der Waals surface area contributed by atoms with E-state index in [0.29, 0.717) is 23.2 Å². The Kier molecular flexibility index (Phi) is 6.84. The van der Waals surface area contributed by atoms with Crippen molar-refractivity contribution in [1.29, 1.82) is 0 Å². The third-order valence-corrected chi connectivity index (χ3v) is 5.25. The van der Waals surface area contributed by atoms with Crippen molar-refractivity contribution in [2.24, 2.45) is 5.92 Å². The fourth-order valence-electron chi connectivity index (χ4n) is 2.69. The summed E-state index contributed by atoms with van der Waals surface area (Å²) in [5.74, 6) is 0.278. The van der Waals surface area contributed by atoms with Crippen LogP contribution in [0.5, 0.6) is 0 Å². The number of esters is 1. The lowest BCUT2D eigenvalue weighted by molar-refractivity contribution is 0.0527. The monoisotopic (exact) mass is 354 g/mol. The van der Waals surface area contributed by atoms with Gasteiger partial charge in [-0.3, -0.25) is 0 Å². The van der Waals surface area contributed by atoms with Crippen molar-refractivity contribution in [1.82, 2.24) is 5.32 Å². The van der Waals surface area contributed by atoms with Gasteiger partial charge >= 0.3 is 5.97 Å². The van der Waals surface area contributed by atoms with E-state index in [9.17, 15) is 4.79 Å². The molecule has 0 atom stereocenters. The van der Waals surface area contributed by atoms with Gasteiger partial charge in [0.05, 0.1) is 12.2 Å². The van der Waals surface area contributed by atoms with Crippen LogP contribution in [0.25, 0.3) is 0 Å². The van der Waals surface area contributed by atoms with Crippen LogP contribution in [0.3, 0.4) is 0 Å². The molecule has 1 aliphatic carbocycles. The molecule has 2 N–H and O–H groups in total. The number of hydrogen-bond acceptors (Lipinski definition) is 4. The van der Waals surface area contributed by atoms with Gasteiger partial charge in [0.25, 0.3) is 0 Å². The molecule has 4 nitrogen and oxygen atoms in total. The maximum Gasteiger partial charge on any atom is 0.341 e. The van der Waals surface area contributed by atoms with Gasteiger partial charge < -0.3 is 15.4 Å². The van der Waals surface area contributed by atoms with Crippen LogP contribution in [0.1, 0.15) is 60.8 Å². The molecule has 0 unspecified atom stereocenters. The Labute approximate surface area is 148 Å². The normalized spacial score (nSPS) is 14.1. The molecule has 2 rings (SSSR count). The van der Waals surface area contributed by atoms with E-state index in [-0.39, 0.29) is 5.97 Å². The molecule has 0 amide bonds. The zero-order valence-corrected chi connectivity index (χ0v) is 15.8. The summed E-state index contributed by atoms with van der Waals surface area (Å²) in [6, 6.07) is 0. The molecule has 0 aromatic carbocycles. The van der Waals surface area contributed by atoms with Crippen LogP contribution in [0, 0.1) is 5.92 Å². The molecule has 1 aromatic heterocycles. The predicted octanol–water partition coefficient (Wildman–Crippen LogP) is 4.14. The standard InChI is InChI=1S/C17H26N2O2S2/c1-4-21-16(20)14-12-8-6-5-7-9-13(12)23-15(14)19-17(22)18-10-11(2)3/h11H,4-10H2,1-3H3,(H2,18,19,22). The molecule has 1 heterocycles. The van der Waals surface area contributed by atoms with Gasteiger partial charge in [0.1, 0.15) is 5.00 Å². The zero-order valence-electron chi connectivity index (χ0n) is 14.2. The molecule has 0 saturated carbocycles. The Hall–Kier alpha value is -1.14. The number of hydrogen-bond donors (Lipinski definition) is 2. The highest BCUT2D eigenvalue weighted by molar-refractivity contribution is 7.80. The fourth-order valence-corrected chi connectivity index (χ4v) is 4.23. The predicted molar refractivity (Wildman–Crippen MR) is 101 cm³/mol. The topological polar surface area (TPSA) is 50.4 Å². The number of thiophene rings is 1. The number of nitrogens with one attached hydrogen (secondary N) is 2. The highest BCUT2D eigenvalue weighted by Gasteiger charge is 2.26. The van der Waals surface area contributed by atoms with Crippen LogP contribution in [-0.4, -0.2) is 24.2 Å². The number of fused-ring (bicyclic) bond motifs is 1. The highest BCUT2D eigenvalue weighted by Crippen LogP contribution is 2.37. The first-order valence-corrected chi connectivity index (χ1v) is 9.61. The summed E-state index contributed by atoms with van der Waals surface area (Å²) in [4.78, 5) is 13.7. The van der Waals surface area contributed by atoms with Gasteiger partial charge in [0, 0.05) is 11.4 Å². The lowest BCUT2D eigenvalue weighted by atomic mass is 10.1. The number of rotatable bonds is 5. The Bertz CT molecular complexity index is 567. The van der Waals surface area contributed by atoms with Crippen LogP contribution >= 0.6 is 23.6 Å². The van der Waals surface area contributed by atoms with Gasteiger partial charge in [-0.15, -0.1) is 11.3 Å². The number of aryl methyl sites for hydroxylation is 1. The molecule has 0 aliphatic heterocycles. The Morgan fingerprint density at radius 3 is 2.74 bits per heavy atom. The molecule has 128 valence electrons. The molecular weight excluding hydrogens is 328 g/mol. The number of carbonyl (C=O) groups excluding carboxylic acids is 1. The number of anilines is 1. The van der Waals surface area contributed by atoms with Crippen molar-refractivity contribution in [3.63, 3.8) is 0 Å². The average Bonchev–Trinajstić information content (AvgIpc) is 2.66. The quantitative estimate of drug-likeness (QED) is 0.473. The summed E-state index contributed by atoms with van der Waals surface area (Å²) >= 11 is 7.02. The molecule has 1 aliphatic rings. The third-order valence-electron chi connectivity index (χ3n) is 3.80. The van der Waals surface area contributed by atoms with E-state index in [2.05, 4.69) is 24.5 Å². The first-order valence-electron chi connectivity index (χ1n) is 8.39. The summed E-state index contributed by atoms with van der Waals surface area (Å²) in [5, 5.41) is 7.82. The molecule has 0 bridgehead atoms. The van der Waals surface area contributed by atoms with E-state index < -0.39 is 0 Å². The zero-order chi connectivity index (χ0) is 16.8. The largest absolute Gasteiger partial charge is 0.462 e. The summed E-state index contributed by atoms with van der Waals surface area (Å²) in [5.41, 5.74) is 1.86. The fraction of sp³-hybridized carbons (Fsp3) is 0.647. The minimum Gasteiger partial charge on any atom is -0.462 e. The van der Waals surface area contributed by atoms with Crippen LogP contribution in [-0.2, 0) is 17.6 Å². The Balaban J connectivity index is 2.23. The van der Waals surface area contributed by atoms with Crippen molar-refractivity contribution in [2.45, 2.75) is 52.9 Å². The minimum absolute atomic E-state index is 0.235. The number of thiocarbonyl (C=S) groups is 1. The number of ether oxygens (including phenoxy) is 1. The van der Waals surface area contributed by atoms with Crippen LogP contribution in [0.4, 0.5) is 5.00 Å². The van der Waals surface area contributed by atoms with Crippen LogP contribution in [0.2, 0.25) is 0 Å². The molecular formula is C17H26N2O2S2. The molecule has 23 heavy (non-hydrogen) atoms. The summed E-state index contributed by atoms with van der Waals surface area (Å²) in [7, 11) is 0. The lowest BCUT2D eigenvalue weighted by Gasteiger charge is -2.12. The van der Waals surface area contributed by atoms with Gasteiger partial charge in [0.2, 0.25) is 0 Å². The van der Waals surface area contributed by atoms with Crippen molar-refractivity contribution in [2.75, 3.05) is 18.5 Å². The first kappa shape index (κ1) is 18.2. The average molecular weight is 355 g/mol. The minimum atomic E-state index is -0.235. The summed E-state index contributed by atoms with van der Waals surface area (Å²) in [6.45, 7) is 7.30. The molecule has 6 heteroatoms. The molecule has 0 spiro atoms. The maximum absolute atomic E-state index is 12.4. The second-order valence-electron chi connectivity index (χ2n) is 6.22. The summed E-state index contributed by atoms with van der Waals surface area (Å²) < 4.78 is 5.28. The van der Waals surface area contributed by atoms with Gasteiger partial charge in [-0.2, -0.15) is 0 Å². The van der Waals surface area contributed by atoms with Crippen LogP contribution in [0.15, 0.2) is 0 Å². The Morgan fingerprint density at radius 1 is 1.30 bits per heavy atom. The smallest absolute Gasteiger partial charge is 0.341 e. The highest BCUT2D eigenvalue weighted by atomic mass is 32.1. The van der Waals surface area contributed by atoms with Crippen molar-refractivity contribution in [3.8, 4) is 0 Å². The maximum atomic E-state index is 12.4. The second-order valence-corrected chi connectivity index (χ2v) is 7.73. The van der Waals surface area contributed by atoms with Gasteiger partial charge in [-0.25, -0.2) is 4.79 Å². The third kappa shape index (κ3) is 4.91. The van der Waals surface area contributed by atoms with E-state index in [1.807, 2.05) is 6.92 Å². The lowest BCUT2D eigenvalue weighted by Crippen LogP contribution is -2.31. The SMILES string of the molecule is CCOC(=O)c1c(NC(=S)NCC(C)C)sc2c1CCCCC2. The van der Waals surface area contributed by atoms with Crippen LogP contribution < -0.4 is 10.6 Å². The molecule has 0 fully saturated rings. The van der Waals surface area contributed by atoms with E-state index in [1.54, 1.807) is 11.3 Å². The van der Waals surface area contributed by atoms with Gasteiger partial charge in [0.15, 0.2) is 5.11 Å². The first-order chi connectivity index (χ1) is 11.0.